The minimum absolute atomic E-state index is 0.0607. The van der Waals surface area contributed by atoms with Crippen LogP contribution < -0.4 is 5.73 Å². The Morgan fingerprint density at radius 3 is 3.15 bits per heavy atom. The van der Waals surface area contributed by atoms with E-state index in [0.717, 1.165) is 44.3 Å². The first-order valence-corrected chi connectivity index (χ1v) is 7.74. The summed E-state index contributed by atoms with van der Waals surface area (Å²) in [5, 5.41) is 7.12. The van der Waals surface area contributed by atoms with Gasteiger partial charge in [0.05, 0.1) is 6.20 Å². The number of amides is 1. The fourth-order valence-electron chi connectivity index (χ4n) is 3.63. The van der Waals surface area contributed by atoms with Crippen molar-refractivity contribution in [1.82, 2.24) is 15.1 Å². The fourth-order valence-corrected chi connectivity index (χ4v) is 3.63. The van der Waals surface area contributed by atoms with Crippen LogP contribution in [0.3, 0.4) is 0 Å². The van der Waals surface area contributed by atoms with Gasteiger partial charge in [0.2, 0.25) is 5.91 Å². The number of carbonyl (C=O) groups is 1. The molecule has 3 unspecified atom stereocenters. The number of piperidine rings is 1. The summed E-state index contributed by atoms with van der Waals surface area (Å²) in [6.07, 6.45) is 7.93. The standard InChI is InChI=1S/C15H24N4O/c1-10(16)14-4-2-3-7-19(14)15(20)11-5-6-12-9-17-18-13(12)8-11/h9-11,14H,2-8,16H2,1H3,(H,17,18). The predicted molar refractivity (Wildman–Crippen MR) is 77.1 cm³/mol. The number of rotatable bonds is 2. The highest BCUT2D eigenvalue weighted by atomic mass is 16.2. The Labute approximate surface area is 119 Å². The molecule has 20 heavy (non-hydrogen) atoms. The number of likely N-dealkylation sites (tertiary alicyclic amines) is 1. The van der Waals surface area contributed by atoms with E-state index in [1.807, 2.05) is 13.1 Å². The Morgan fingerprint density at radius 1 is 1.50 bits per heavy atom. The lowest BCUT2D eigenvalue weighted by Gasteiger charge is -2.40. The van der Waals surface area contributed by atoms with Gasteiger partial charge in [-0.05, 0) is 44.6 Å². The summed E-state index contributed by atoms with van der Waals surface area (Å²) in [7, 11) is 0. The number of carbonyl (C=O) groups excluding carboxylic acids is 1. The molecular formula is C15H24N4O. The maximum atomic E-state index is 12.8. The number of H-pyrrole nitrogens is 1. The molecule has 1 saturated heterocycles. The second-order valence-electron chi connectivity index (χ2n) is 6.27. The molecule has 3 rings (SSSR count). The summed E-state index contributed by atoms with van der Waals surface area (Å²) < 4.78 is 0. The lowest BCUT2D eigenvalue weighted by Crippen LogP contribution is -2.53. The van der Waals surface area contributed by atoms with Crippen LogP contribution in [-0.4, -0.2) is 39.6 Å². The molecule has 1 aromatic heterocycles. The Morgan fingerprint density at radius 2 is 2.35 bits per heavy atom. The van der Waals surface area contributed by atoms with Gasteiger partial charge >= 0.3 is 0 Å². The van der Waals surface area contributed by atoms with E-state index in [-0.39, 0.29) is 18.0 Å². The van der Waals surface area contributed by atoms with E-state index >= 15 is 0 Å². The molecule has 5 nitrogen and oxygen atoms in total. The van der Waals surface area contributed by atoms with Crippen LogP contribution in [0.5, 0.6) is 0 Å². The van der Waals surface area contributed by atoms with Crippen LogP contribution in [0.1, 0.15) is 43.9 Å². The monoisotopic (exact) mass is 276 g/mol. The van der Waals surface area contributed by atoms with Gasteiger partial charge in [-0.1, -0.05) is 0 Å². The van der Waals surface area contributed by atoms with Gasteiger partial charge in [-0.15, -0.1) is 0 Å². The molecule has 0 aromatic carbocycles. The second kappa shape index (κ2) is 5.56. The molecule has 3 N–H and O–H groups in total. The van der Waals surface area contributed by atoms with Crippen molar-refractivity contribution in [3.8, 4) is 0 Å². The molecular weight excluding hydrogens is 252 g/mol. The highest BCUT2D eigenvalue weighted by Gasteiger charge is 2.35. The topological polar surface area (TPSA) is 75.0 Å². The zero-order valence-electron chi connectivity index (χ0n) is 12.1. The SMILES string of the molecule is CC(N)C1CCCCN1C(=O)C1CCc2cn[nH]c2C1. The summed E-state index contributed by atoms with van der Waals surface area (Å²) >= 11 is 0. The lowest BCUT2D eigenvalue weighted by molar-refractivity contribution is -0.140. The average molecular weight is 276 g/mol. The molecule has 2 aliphatic rings. The largest absolute Gasteiger partial charge is 0.338 e. The Balaban J connectivity index is 1.72. The number of nitrogens with zero attached hydrogens (tertiary/aromatic N) is 2. The molecule has 0 saturated carbocycles. The highest BCUT2D eigenvalue weighted by Crippen LogP contribution is 2.28. The molecule has 1 aliphatic carbocycles. The number of hydrogen-bond donors (Lipinski definition) is 2. The maximum Gasteiger partial charge on any atom is 0.226 e. The van der Waals surface area contributed by atoms with E-state index in [1.165, 1.54) is 12.0 Å². The lowest BCUT2D eigenvalue weighted by atomic mass is 9.85. The summed E-state index contributed by atoms with van der Waals surface area (Å²) in [4.78, 5) is 14.9. The molecule has 5 heteroatoms. The van der Waals surface area contributed by atoms with Crippen molar-refractivity contribution in [3.05, 3.63) is 17.5 Å². The molecule has 0 spiro atoms. The van der Waals surface area contributed by atoms with Crippen LogP contribution in [0.15, 0.2) is 6.20 Å². The van der Waals surface area contributed by atoms with E-state index in [9.17, 15) is 4.79 Å². The predicted octanol–water partition coefficient (Wildman–Crippen LogP) is 1.24. The number of nitrogens with two attached hydrogens (primary N) is 1. The highest BCUT2D eigenvalue weighted by molar-refractivity contribution is 5.80. The number of fused-ring (bicyclic) bond motifs is 1. The van der Waals surface area contributed by atoms with Gasteiger partial charge in [-0.3, -0.25) is 9.89 Å². The third-order valence-electron chi connectivity index (χ3n) is 4.81. The third kappa shape index (κ3) is 2.46. The number of hydrogen-bond acceptors (Lipinski definition) is 3. The summed E-state index contributed by atoms with van der Waals surface area (Å²) in [6.45, 7) is 2.89. The molecule has 2 heterocycles. The van der Waals surface area contributed by atoms with Gasteiger partial charge in [0.25, 0.3) is 0 Å². The summed E-state index contributed by atoms with van der Waals surface area (Å²) in [5.41, 5.74) is 8.49. The smallest absolute Gasteiger partial charge is 0.226 e. The molecule has 1 amide bonds. The van der Waals surface area contributed by atoms with Crippen molar-refractivity contribution in [2.24, 2.45) is 11.7 Å². The first-order chi connectivity index (χ1) is 9.66. The van der Waals surface area contributed by atoms with E-state index in [2.05, 4.69) is 15.1 Å². The van der Waals surface area contributed by atoms with Gasteiger partial charge in [-0.25, -0.2) is 0 Å². The quantitative estimate of drug-likeness (QED) is 0.853. The van der Waals surface area contributed by atoms with Crippen LogP contribution in [-0.2, 0) is 17.6 Å². The number of nitrogens with one attached hydrogen (secondary N) is 1. The van der Waals surface area contributed by atoms with Crippen molar-refractivity contribution in [2.75, 3.05) is 6.54 Å². The first-order valence-electron chi connectivity index (χ1n) is 7.74. The Bertz CT molecular complexity index is 482. The number of aromatic amines is 1. The molecule has 3 atom stereocenters. The minimum atomic E-state index is 0.0607. The van der Waals surface area contributed by atoms with Crippen molar-refractivity contribution >= 4 is 5.91 Å². The van der Waals surface area contributed by atoms with Crippen LogP contribution in [0.2, 0.25) is 0 Å². The number of aromatic nitrogens is 2. The zero-order chi connectivity index (χ0) is 14.1. The van der Waals surface area contributed by atoms with E-state index in [0.29, 0.717) is 5.91 Å². The second-order valence-corrected chi connectivity index (χ2v) is 6.27. The summed E-state index contributed by atoms with van der Waals surface area (Å²) in [6, 6.07) is 0.282. The van der Waals surface area contributed by atoms with E-state index in [1.54, 1.807) is 0 Å². The molecule has 1 fully saturated rings. The van der Waals surface area contributed by atoms with E-state index < -0.39 is 0 Å². The van der Waals surface area contributed by atoms with Crippen LogP contribution >= 0.6 is 0 Å². The van der Waals surface area contributed by atoms with E-state index in [4.69, 9.17) is 5.73 Å². The maximum absolute atomic E-state index is 12.8. The molecule has 1 aliphatic heterocycles. The molecule has 0 bridgehead atoms. The zero-order valence-corrected chi connectivity index (χ0v) is 12.1. The Hall–Kier alpha value is -1.36. The molecule has 1 aromatic rings. The van der Waals surface area contributed by atoms with Gasteiger partial charge in [0.1, 0.15) is 0 Å². The number of aryl methyl sites for hydroxylation is 1. The third-order valence-corrected chi connectivity index (χ3v) is 4.81. The van der Waals surface area contributed by atoms with Gasteiger partial charge < -0.3 is 10.6 Å². The summed E-state index contributed by atoms with van der Waals surface area (Å²) in [5.74, 6) is 0.398. The molecule has 110 valence electrons. The minimum Gasteiger partial charge on any atom is -0.338 e. The molecule has 0 radical (unpaired) electrons. The van der Waals surface area contributed by atoms with Gasteiger partial charge in [-0.2, -0.15) is 5.10 Å². The van der Waals surface area contributed by atoms with Crippen LogP contribution in [0.25, 0.3) is 0 Å². The first kappa shape index (κ1) is 13.6. The fraction of sp³-hybridized carbons (Fsp3) is 0.733. The van der Waals surface area contributed by atoms with Gasteiger partial charge in [0, 0.05) is 36.7 Å². The van der Waals surface area contributed by atoms with Gasteiger partial charge in [0.15, 0.2) is 0 Å². The van der Waals surface area contributed by atoms with Crippen LogP contribution in [0.4, 0.5) is 0 Å². The normalized spacial score (nSPS) is 28.0. The van der Waals surface area contributed by atoms with Crippen molar-refractivity contribution in [2.45, 2.75) is 57.5 Å². The van der Waals surface area contributed by atoms with Crippen molar-refractivity contribution in [3.63, 3.8) is 0 Å². The van der Waals surface area contributed by atoms with Crippen LogP contribution in [0, 0.1) is 5.92 Å². The average Bonchev–Trinajstić information content (AvgIpc) is 2.93. The van der Waals surface area contributed by atoms with Crippen molar-refractivity contribution < 1.29 is 4.79 Å². The Kier molecular flexibility index (Phi) is 3.78. The van der Waals surface area contributed by atoms with Crippen molar-refractivity contribution in [1.29, 1.82) is 0 Å².